The molecular weight excluding hydrogens is 476 g/mol. The molecule has 3 amide bonds. The fourth-order valence-corrected chi connectivity index (χ4v) is 6.26. The second kappa shape index (κ2) is 10.3. The number of fused-ring (bicyclic) bond motifs is 1. The summed E-state index contributed by atoms with van der Waals surface area (Å²) in [4.78, 5) is 28.6. The topological polar surface area (TPSA) is 98.8 Å². The van der Waals surface area contributed by atoms with Crippen LogP contribution in [0.5, 0.6) is 0 Å². The Balaban J connectivity index is 1.58. The Labute approximate surface area is 212 Å². The van der Waals surface area contributed by atoms with Crippen LogP contribution in [0.4, 0.5) is 10.5 Å². The van der Waals surface area contributed by atoms with Gasteiger partial charge in [0.2, 0.25) is 10.0 Å². The molecule has 2 N–H and O–H groups in total. The lowest BCUT2D eigenvalue weighted by atomic mass is 9.95. The van der Waals surface area contributed by atoms with E-state index in [2.05, 4.69) is 10.0 Å². The molecule has 9 heteroatoms. The summed E-state index contributed by atoms with van der Waals surface area (Å²) in [5, 5.41) is 4.11. The van der Waals surface area contributed by atoms with Gasteiger partial charge in [-0.15, -0.1) is 0 Å². The van der Waals surface area contributed by atoms with Crippen molar-refractivity contribution < 1.29 is 18.0 Å². The molecule has 0 aliphatic carbocycles. The SMILES string of the molecule is Cc1ccccc1C(=O)Nc1ccc(S(=O)(=O)N[C@@H]2CCN(C(=O)N(C)C)C[C@@H]2C)c2ccccc12. The lowest BCUT2D eigenvalue weighted by molar-refractivity contribution is 0.102. The van der Waals surface area contributed by atoms with Gasteiger partial charge >= 0.3 is 6.03 Å². The highest BCUT2D eigenvalue weighted by Crippen LogP contribution is 2.31. The number of aryl methyl sites for hydroxylation is 1. The van der Waals surface area contributed by atoms with E-state index in [0.29, 0.717) is 41.5 Å². The van der Waals surface area contributed by atoms with Gasteiger partial charge in [-0.05, 0) is 43.0 Å². The van der Waals surface area contributed by atoms with Crippen LogP contribution in [0.15, 0.2) is 65.6 Å². The number of amides is 3. The first kappa shape index (κ1) is 25.7. The number of hydrogen-bond donors (Lipinski definition) is 2. The van der Waals surface area contributed by atoms with Gasteiger partial charge in [0.05, 0.1) is 4.90 Å². The van der Waals surface area contributed by atoms with Crippen molar-refractivity contribution >= 4 is 38.4 Å². The molecule has 1 fully saturated rings. The van der Waals surface area contributed by atoms with Crippen molar-refractivity contribution in [3.05, 3.63) is 71.8 Å². The van der Waals surface area contributed by atoms with Crippen molar-refractivity contribution in [1.82, 2.24) is 14.5 Å². The molecular formula is C27H32N4O4S. The highest BCUT2D eigenvalue weighted by molar-refractivity contribution is 7.89. The van der Waals surface area contributed by atoms with Crippen LogP contribution in [-0.2, 0) is 10.0 Å². The molecule has 0 bridgehead atoms. The highest BCUT2D eigenvalue weighted by Gasteiger charge is 2.33. The first-order valence-electron chi connectivity index (χ1n) is 12.0. The molecule has 36 heavy (non-hydrogen) atoms. The molecule has 0 aromatic heterocycles. The van der Waals surface area contributed by atoms with Gasteiger partial charge in [-0.2, -0.15) is 0 Å². The van der Waals surface area contributed by atoms with Crippen molar-refractivity contribution in [1.29, 1.82) is 0 Å². The standard InChI is InChI=1S/C27H32N4O4S/c1-18-9-5-6-10-20(18)26(32)28-24-13-14-25(22-12-8-7-11-21(22)24)36(34,35)29-23-15-16-31(17-19(23)2)27(33)30(3)4/h5-14,19,23,29H,15-17H2,1-4H3,(H,28,32)/t19-,23+/m0/s1. The fraction of sp³-hybridized carbons (Fsp3) is 0.333. The minimum atomic E-state index is -3.85. The number of carbonyl (C=O) groups is 2. The van der Waals surface area contributed by atoms with Crippen LogP contribution in [-0.4, -0.2) is 63.4 Å². The van der Waals surface area contributed by atoms with Gasteiger partial charge in [-0.1, -0.05) is 49.4 Å². The Morgan fingerprint density at radius 1 is 0.972 bits per heavy atom. The number of hydrogen-bond acceptors (Lipinski definition) is 4. The van der Waals surface area contributed by atoms with Crippen LogP contribution in [0, 0.1) is 12.8 Å². The quantitative estimate of drug-likeness (QED) is 0.543. The van der Waals surface area contributed by atoms with E-state index in [-0.39, 0.29) is 28.8 Å². The Morgan fingerprint density at radius 3 is 2.31 bits per heavy atom. The zero-order chi connectivity index (χ0) is 26.0. The van der Waals surface area contributed by atoms with E-state index in [4.69, 9.17) is 0 Å². The van der Waals surface area contributed by atoms with Gasteiger partial charge in [0.1, 0.15) is 0 Å². The van der Waals surface area contributed by atoms with Crippen LogP contribution < -0.4 is 10.0 Å². The maximum Gasteiger partial charge on any atom is 0.319 e. The Hall–Kier alpha value is -3.43. The lowest BCUT2D eigenvalue weighted by Crippen LogP contribution is -2.53. The van der Waals surface area contributed by atoms with Crippen molar-refractivity contribution in [2.45, 2.75) is 31.2 Å². The summed E-state index contributed by atoms with van der Waals surface area (Å²) < 4.78 is 29.9. The van der Waals surface area contributed by atoms with Crippen molar-refractivity contribution in [3.63, 3.8) is 0 Å². The van der Waals surface area contributed by atoms with E-state index >= 15 is 0 Å². The average Bonchev–Trinajstić information content (AvgIpc) is 2.85. The smallest absolute Gasteiger partial charge is 0.319 e. The summed E-state index contributed by atoms with van der Waals surface area (Å²) in [5.74, 6) is -0.295. The van der Waals surface area contributed by atoms with Gasteiger partial charge in [-0.25, -0.2) is 17.9 Å². The van der Waals surface area contributed by atoms with Crippen LogP contribution in [0.3, 0.4) is 0 Å². The van der Waals surface area contributed by atoms with E-state index in [9.17, 15) is 18.0 Å². The first-order chi connectivity index (χ1) is 17.1. The van der Waals surface area contributed by atoms with E-state index < -0.39 is 10.0 Å². The second-order valence-corrected chi connectivity index (χ2v) is 11.2. The van der Waals surface area contributed by atoms with Gasteiger partial charge in [-0.3, -0.25) is 4.79 Å². The average molecular weight is 509 g/mol. The molecule has 190 valence electrons. The first-order valence-corrected chi connectivity index (χ1v) is 13.4. The van der Waals surface area contributed by atoms with Crippen LogP contribution >= 0.6 is 0 Å². The molecule has 4 rings (SSSR count). The van der Waals surface area contributed by atoms with Crippen LogP contribution in [0.2, 0.25) is 0 Å². The molecule has 3 aromatic carbocycles. The lowest BCUT2D eigenvalue weighted by Gasteiger charge is -2.38. The number of sulfonamides is 1. The second-order valence-electron chi connectivity index (χ2n) is 9.54. The summed E-state index contributed by atoms with van der Waals surface area (Å²) >= 11 is 0. The molecule has 3 aromatic rings. The summed E-state index contributed by atoms with van der Waals surface area (Å²) in [6, 6.07) is 17.3. The Kier molecular flexibility index (Phi) is 7.33. The minimum Gasteiger partial charge on any atom is -0.331 e. The number of carbonyl (C=O) groups excluding carboxylic acids is 2. The number of piperidine rings is 1. The number of nitrogens with one attached hydrogen (secondary N) is 2. The van der Waals surface area contributed by atoms with Crippen molar-refractivity contribution in [2.75, 3.05) is 32.5 Å². The highest BCUT2D eigenvalue weighted by atomic mass is 32.2. The van der Waals surface area contributed by atoms with Crippen LogP contribution in [0.25, 0.3) is 10.8 Å². The van der Waals surface area contributed by atoms with Gasteiger partial charge in [0, 0.05) is 55.2 Å². The zero-order valence-electron chi connectivity index (χ0n) is 21.0. The molecule has 1 aliphatic heterocycles. The summed E-state index contributed by atoms with van der Waals surface area (Å²) in [6.07, 6.45) is 0.530. The van der Waals surface area contributed by atoms with E-state index in [1.54, 1.807) is 49.3 Å². The third kappa shape index (κ3) is 5.22. The third-order valence-electron chi connectivity index (χ3n) is 6.68. The zero-order valence-corrected chi connectivity index (χ0v) is 21.8. The third-order valence-corrected chi connectivity index (χ3v) is 8.22. The number of anilines is 1. The molecule has 8 nitrogen and oxygen atoms in total. The fourth-order valence-electron chi connectivity index (χ4n) is 4.67. The van der Waals surface area contributed by atoms with E-state index in [0.717, 1.165) is 5.56 Å². The van der Waals surface area contributed by atoms with E-state index in [1.165, 1.54) is 11.0 Å². The predicted molar refractivity (Wildman–Crippen MR) is 142 cm³/mol. The minimum absolute atomic E-state index is 0.0450. The number of nitrogens with zero attached hydrogens (tertiary/aromatic N) is 2. The normalized spacial score (nSPS) is 18.2. The van der Waals surface area contributed by atoms with E-state index in [1.807, 2.05) is 38.1 Å². The van der Waals surface area contributed by atoms with Gasteiger partial charge in [0.15, 0.2) is 0 Å². The molecule has 1 saturated heterocycles. The Morgan fingerprint density at radius 2 is 1.64 bits per heavy atom. The van der Waals surface area contributed by atoms with Gasteiger partial charge < -0.3 is 15.1 Å². The number of likely N-dealkylation sites (tertiary alicyclic amines) is 1. The van der Waals surface area contributed by atoms with Crippen molar-refractivity contribution in [3.8, 4) is 0 Å². The van der Waals surface area contributed by atoms with Crippen molar-refractivity contribution in [2.24, 2.45) is 5.92 Å². The molecule has 0 spiro atoms. The predicted octanol–water partition coefficient (Wildman–Crippen LogP) is 4.07. The monoisotopic (exact) mass is 508 g/mol. The molecule has 2 atom stereocenters. The number of rotatable bonds is 5. The maximum atomic E-state index is 13.5. The molecule has 0 radical (unpaired) electrons. The summed E-state index contributed by atoms with van der Waals surface area (Å²) in [6.45, 7) is 4.79. The molecule has 1 aliphatic rings. The summed E-state index contributed by atoms with van der Waals surface area (Å²) in [5.41, 5.74) is 1.96. The Bertz CT molecular complexity index is 1400. The molecule has 1 heterocycles. The van der Waals surface area contributed by atoms with Crippen LogP contribution in [0.1, 0.15) is 29.3 Å². The maximum absolute atomic E-state index is 13.5. The number of urea groups is 1. The largest absolute Gasteiger partial charge is 0.331 e. The number of benzene rings is 3. The summed E-state index contributed by atoms with van der Waals surface area (Å²) in [7, 11) is -0.437. The molecule has 0 unspecified atom stereocenters. The molecule has 0 saturated carbocycles. The van der Waals surface area contributed by atoms with Gasteiger partial charge in [0.25, 0.3) is 5.91 Å².